The molecule has 3 N–H and O–H groups in total. The number of urea groups is 1. The Labute approximate surface area is 139 Å². The molecule has 0 spiro atoms. The highest BCUT2D eigenvalue weighted by atomic mass is 16.5. The molecule has 0 bridgehead atoms. The van der Waals surface area contributed by atoms with Crippen LogP contribution < -0.4 is 10.6 Å². The molecule has 3 rings (SSSR count). The van der Waals surface area contributed by atoms with Crippen molar-refractivity contribution in [3.05, 3.63) is 36.1 Å². The van der Waals surface area contributed by atoms with Crippen LogP contribution in [0.15, 0.2) is 28.9 Å². The molecule has 126 valence electrons. The number of benzene rings is 1. The Morgan fingerprint density at radius 1 is 1.33 bits per heavy atom. The second-order valence-corrected chi connectivity index (χ2v) is 6.14. The molecule has 8 nitrogen and oxygen atoms in total. The molecule has 1 aromatic carbocycles. The molecule has 0 saturated heterocycles. The van der Waals surface area contributed by atoms with E-state index in [0.717, 1.165) is 17.3 Å². The number of aromatic nitrogens is 4. The molecule has 1 atom stereocenters. The van der Waals surface area contributed by atoms with E-state index >= 15 is 0 Å². The normalized spacial score (nSPS) is 12.5. The molecule has 0 radical (unpaired) electrons. The summed E-state index contributed by atoms with van der Waals surface area (Å²) >= 11 is 0. The van der Waals surface area contributed by atoms with E-state index in [1.54, 1.807) is 19.2 Å². The molecule has 2 aromatic heterocycles. The minimum atomic E-state index is -0.379. The number of H-pyrrole nitrogens is 1. The van der Waals surface area contributed by atoms with Crippen molar-refractivity contribution in [3.8, 4) is 0 Å². The molecule has 0 saturated carbocycles. The lowest BCUT2D eigenvalue weighted by atomic mass is 10.1. The third kappa shape index (κ3) is 3.70. The fourth-order valence-corrected chi connectivity index (χ4v) is 2.34. The number of nitrogens with one attached hydrogen (secondary N) is 3. The summed E-state index contributed by atoms with van der Waals surface area (Å²) in [6.07, 6.45) is 2.45. The Balaban J connectivity index is 1.60. The van der Waals surface area contributed by atoms with Crippen LogP contribution in [0.5, 0.6) is 0 Å². The maximum atomic E-state index is 12.1. The van der Waals surface area contributed by atoms with E-state index in [1.165, 1.54) is 0 Å². The van der Waals surface area contributed by atoms with Crippen molar-refractivity contribution >= 4 is 22.6 Å². The Hall–Kier alpha value is -2.90. The number of anilines is 1. The average molecular weight is 328 g/mol. The fourth-order valence-electron chi connectivity index (χ4n) is 2.34. The maximum absolute atomic E-state index is 12.1. The van der Waals surface area contributed by atoms with Gasteiger partial charge in [0.2, 0.25) is 5.89 Å². The van der Waals surface area contributed by atoms with Gasteiger partial charge in [-0.2, -0.15) is 10.1 Å². The van der Waals surface area contributed by atoms with Gasteiger partial charge >= 0.3 is 6.03 Å². The number of fused-ring (bicyclic) bond motifs is 1. The molecule has 0 aliphatic rings. The highest BCUT2D eigenvalue weighted by molar-refractivity contribution is 5.92. The molecule has 0 aliphatic carbocycles. The van der Waals surface area contributed by atoms with Crippen molar-refractivity contribution in [2.45, 2.75) is 33.2 Å². The number of amides is 2. The third-order valence-electron chi connectivity index (χ3n) is 3.49. The van der Waals surface area contributed by atoms with E-state index in [1.807, 2.05) is 12.1 Å². The van der Waals surface area contributed by atoms with Crippen molar-refractivity contribution in [1.29, 1.82) is 0 Å². The number of hydrogen-bond acceptors (Lipinski definition) is 5. The number of carbonyl (C=O) groups excluding carboxylic acids is 1. The van der Waals surface area contributed by atoms with Crippen molar-refractivity contribution in [2.75, 3.05) is 5.32 Å². The first-order valence-corrected chi connectivity index (χ1v) is 7.84. The van der Waals surface area contributed by atoms with Crippen LogP contribution in [0.25, 0.3) is 10.9 Å². The lowest BCUT2D eigenvalue weighted by Gasteiger charge is -2.11. The summed E-state index contributed by atoms with van der Waals surface area (Å²) in [5, 5.41) is 17.2. The zero-order chi connectivity index (χ0) is 17.1. The van der Waals surface area contributed by atoms with Crippen molar-refractivity contribution < 1.29 is 9.32 Å². The Morgan fingerprint density at radius 2 is 2.17 bits per heavy atom. The smallest absolute Gasteiger partial charge is 0.319 e. The molecular formula is C16H20N6O2. The SMILES string of the molecule is CC(C)Cc1noc([C@H](C)NC(=O)Nc2ccc3[nH]ncc3c2)n1. The third-order valence-corrected chi connectivity index (χ3v) is 3.49. The van der Waals surface area contributed by atoms with Gasteiger partial charge in [-0.1, -0.05) is 19.0 Å². The molecule has 24 heavy (non-hydrogen) atoms. The summed E-state index contributed by atoms with van der Waals surface area (Å²) in [6.45, 7) is 5.97. The molecule has 8 heteroatoms. The highest BCUT2D eigenvalue weighted by Gasteiger charge is 2.17. The van der Waals surface area contributed by atoms with Crippen molar-refractivity contribution in [1.82, 2.24) is 25.7 Å². The van der Waals surface area contributed by atoms with Crippen molar-refractivity contribution in [3.63, 3.8) is 0 Å². The Bertz CT molecular complexity index is 838. The molecular weight excluding hydrogens is 308 g/mol. The Kier molecular flexibility index (Phi) is 4.45. The van der Waals surface area contributed by atoms with Crippen LogP contribution >= 0.6 is 0 Å². The number of carbonyl (C=O) groups is 1. The minimum Gasteiger partial charge on any atom is -0.337 e. The number of nitrogens with zero attached hydrogens (tertiary/aromatic N) is 3. The van der Waals surface area contributed by atoms with Gasteiger partial charge in [0.1, 0.15) is 6.04 Å². The first kappa shape index (κ1) is 16.0. The van der Waals surface area contributed by atoms with Gasteiger partial charge in [0.25, 0.3) is 0 Å². The largest absolute Gasteiger partial charge is 0.337 e. The number of hydrogen-bond donors (Lipinski definition) is 3. The van der Waals surface area contributed by atoms with Crippen LogP contribution in [-0.2, 0) is 6.42 Å². The van der Waals surface area contributed by atoms with Gasteiger partial charge < -0.3 is 15.2 Å². The monoisotopic (exact) mass is 328 g/mol. The van der Waals surface area contributed by atoms with E-state index < -0.39 is 0 Å². The first-order chi connectivity index (χ1) is 11.5. The van der Waals surface area contributed by atoms with Crippen LogP contribution in [0.4, 0.5) is 10.5 Å². The summed E-state index contributed by atoms with van der Waals surface area (Å²) in [6, 6.07) is 4.79. The Morgan fingerprint density at radius 3 is 2.96 bits per heavy atom. The lowest BCUT2D eigenvalue weighted by Crippen LogP contribution is -2.31. The summed E-state index contributed by atoms with van der Waals surface area (Å²) in [4.78, 5) is 16.4. The molecule has 3 aromatic rings. The minimum absolute atomic E-state index is 0.339. The summed E-state index contributed by atoms with van der Waals surface area (Å²) in [5.74, 6) is 1.49. The molecule has 2 amide bonds. The zero-order valence-electron chi connectivity index (χ0n) is 13.8. The van der Waals surface area contributed by atoms with Crippen LogP contribution in [0.1, 0.15) is 38.5 Å². The number of aromatic amines is 1. The maximum Gasteiger partial charge on any atom is 0.319 e. The average Bonchev–Trinajstić information content (AvgIpc) is 3.14. The van der Waals surface area contributed by atoms with E-state index in [4.69, 9.17) is 4.52 Å². The molecule has 0 unspecified atom stereocenters. The van der Waals surface area contributed by atoms with Gasteiger partial charge in [0.15, 0.2) is 5.82 Å². The quantitative estimate of drug-likeness (QED) is 0.667. The van der Waals surface area contributed by atoms with E-state index in [9.17, 15) is 4.79 Å². The fraction of sp³-hybridized carbons (Fsp3) is 0.375. The van der Waals surface area contributed by atoms with Gasteiger partial charge in [-0.25, -0.2) is 4.79 Å². The first-order valence-electron chi connectivity index (χ1n) is 7.84. The van der Waals surface area contributed by atoms with Gasteiger partial charge in [-0.3, -0.25) is 5.10 Å². The van der Waals surface area contributed by atoms with Gasteiger partial charge in [-0.15, -0.1) is 0 Å². The van der Waals surface area contributed by atoms with Crippen LogP contribution in [0, 0.1) is 5.92 Å². The summed E-state index contributed by atoms with van der Waals surface area (Å²) < 4.78 is 5.21. The second kappa shape index (κ2) is 6.69. The van der Waals surface area contributed by atoms with Crippen LogP contribution in [0.2, 0.25) is 0 Å². The second-order valence-electron chi connectivity index (χ2n) is 6.14. The van der Waals surface area contributed by atoms with Gasteiger partial charge in [-0.05, 0) is 31.0 Å². The van der Waals surface area contributed by atoms with E-state index in [-0.39, 0.29) is 12.1 Å². The van der Waals surface area contributed by atoms with E-state index in [0.29, 0.717) is 23.3 Å². The standard InChI is InChI=1S/C16H20N6O2/c1-9(2)6-14-20-15(24-22-14)10(3)18-16(23)19-12-4-5-13-11(7-12)8-17-21-13/h4-5,7-10H,6H2,1-3H3,(H,17,21)(H2,18,19,23)/t10-/m0/s1. The summed E-state index contributed by atoms with van der Waals surface area (Å²) in [7, 11) is 0. The summed E-state index contributed by atoms with van der Waals surface area (Å²) in [5.41, 5.74) is 1.59. The van der Waals surface area contributed by atoms with Crippen LogP contribution in [-0.4, -0.2) is 26.4 Å². The topological polar surface area (TPSA) is 109 Å². The number of rotatable bonds is 5. The predicted octanol–water partition coefficient (Wildman–Crippen LogP) is 3.03. The molecule has 2 heterocycles. The van der Waals surface area contributed by atoms with Gasteiger partial charge in [0, 0.05) is 17.5 Å². The predicted molar refractivity (Wildman–Crippen MR) is 89.5 cm³/mol. The molecule has 0 fully saturated rings. The lowest BCUT2D eigenvalue weighted by molar-refractivity contribution is 0.245. The molecule has 0 aliphatic heterocycles. The highest BCUT2D eigenvalue weighted by Crippen LogP contribution is 2.17. The van der Waals surface area contributed by atoms with Gasteiger partial charge in [0.05, 0.1) is 11.7 Å². The zero-order valence-corrected chi connectivity index (χ0v) is 13.8. The van der Waals surface area contributed by atoms with Crippen LogP contribution in [0.3, 0.4) is 0 Å². The van der Waals surface area contributed by atoms with E-state index in [2.05, 4.69) is 44.8 Å². The van der Waals surface area contributed by atoms with Crippen molar-refractivity contribution in [2.24, 2.45) is 5.92 Å².